The van der Waals surface area contributed by atoms with Crippen molar-refractivity contribution in [3.63, 3.8) is 0 Å². The number of nitrogens with zero attached hydrogens (tertiary/aromatic N) is 7. The molecule has 1 aliphatic heterocycles. The fraction of sp³-hybridized carbons (Fsp3) is 0.312. The summed E-state index contributed by atoms with van der Waals surface area (Å²) in [7, 11) is 0. The molecule has 5 heterocycles. The smallest absolute Gasteiger partial charge is 0.281 e. The number of fused-ring (bicyclic) bond motifs is 1. The lowest BCUT2D eigenvalue weighted by atomic mass is 10.2. The fourth-order valence-corrected chi connectivity index (χ4v) is 3.80. The Morgan fingerprint density at radius 3 is 3.00 bits per heavy atom. The second kappa shape index (κ2) is 6.87. The summed E-state index contributed by atoms with van der Waals surface area (Å²) < 4.78 is 37.7. The zero-order chi connectivity index (χ0) is 19.1. The van der Waals surface area contributed by atoms with E-state index in [1.54, 1.807) is 12.4 Å². The predicted octanol–water partition coefficient (Wildman–Crippen LogP) is 2.49. The zero-order valence-corrected chi connectivity index (χ0v) is 15.2. The molecule has 144 valence electrons. The molecule has 1 aliphatic rings. The second-order valence-electron chi connectivity index (χ2n) is 6.22. The molecule has 4 aromatic rings. The molecule has 1 unspecified atom stereocenters. The van der Waals surface area contributed by atoms with Crippen molar-refractivity contribution in [3.05, 3.63) is 42.2 Å². The van der Waals surface area contributed by atoms with Crippen molar-refractivity contribution in [1.29, 1.82) is 0 Å². The summed E-state index contributed by atoms with van der Waals surface area (Å²) in [5, 5.41) is 7.50. The van der Waals surface area contributed by atoms with Gasteiger partial charge in [-0.25, -0.2) is 18.7 Å². The third-order valence-corrected chi connectivity index (χ3v) is 5.29. The largest absolute Gasteiger partial charge is 0.370 e. The first-order valence-electron chi connectivity index (χ1n) is 8.49. The molecule has 1 N–H and O–H groups in total. The van der Waals surface area contributed by atoms with Crippen molar-refractivity contribution in [1.82, 2.24) is 33.9 Å². The van der Waals surface area contributed by atoms with E-state index >= 15 is 0 Å². The van der Waals surface area contributed by atoms with Gasteiger partial charge in [0.05, 0.1) is 31.7 Å². The topological polar surface area (TPSA) is 97.1 Å². The number of morpholine rings is 1. The third-order valence-electron chi connectivity index (χ3n) is 4.51. The van der Waals surface area contributed by atoms with Crippen LogP contribution in [0.3, 0.4) is 0 Å². The lowest BCUT2D eigenvalue weighted by Gasteiger charge is -2.31. The zero-order valence-electron chi connectivity index (χ0n) is 14.4. The molecule has 0 saturated carbocycles. The molecule has 9 nitrogen and oxygen atoms in total. The van der Waals surface area contributed by atoms with E-state index in [1.807, 2.05) is 6.20 Å². The molecule has 0 aromatic carbocycles. The van der Waals surface area contributed by atoms with Crippen molar-refractivity contribution in [2.45, 2.75) is 12.5 Å². The number of alkyl halides is 2. The van der Waals surface area contributed by atoms with Gasteiger partial charge < -0.3 is 9.64 Å². The molecule has 1 saturated heterocycles. The highest BCUT2D eigenvalue weighted by molar-refractivity contribution is 7.09. The van der Waals surface area contributed by atoms with E-state index in [0.717, 1.165) is 10.7 Å². The maximum Gasteiger partial charge on any atom is 0.281 e. The summed E-state index contributed by atoms with van der Waals surface area (Å²) in [4.78, 5) is 14.6. The second-order valence-corrected chi connectivity index (χ2v) is 6.95. The summed E-state index contributed by atoms with van der Waals surface area (Å²) in [6.45, 7) is 1.88. The summed E-state index contributed by atoms with van der Waals surface area (Å²) in [5.41, 5.74) is 1.66. The van der Waals surface area contributed by atoms with E-state index in [1.165, 1.54) is 28.3 Å². The van der Waals surface area contributed by atoms with Crippen LogP contribution in [-0.2, 0) is 4.74 Å². The number of anilines is 1. The number of hydrogen-bond acceptors (Lipinski definition) is 8. The van der Waals surface area contributed by atoms with Gasteiger partial charge in [0.25, 0.3) is 6.43 Å². The lowest BCUT2D eigenvalue weighted by Crippen LogP contribution is -2.38. The quantitative estimate of drug-likeness (QED) is 0.558. The number of ether oxygens (including phenoxy) is 1. The Morgan fingerprint density at radius 1 is 1.25 bits per heavy atom. The van der Waals surface area contributed by atoms with Crippen molar-refractivity contribution in [2.24, 2.45) is 0 Å². The minimum atomic E-state index is -2.66. The van der Waals surface area contributed by atoms with Crippen molar-refractivity contribution < 1.29 is 13.5 Å². The first-order valence-corrected chi connectivity index (χ1v) is 9.27. The van der Waals surface area contributed by atoms with Gasteiger partial charge in [0.1, 0.15) is 17.5 Å². The molecule has 1 fully saturated rings. The van der Waals surface area contributed by atoms with Gasteiger partial charge in [-0.3, -0.25) is 9.50 Å². The van der Waals surface area contributed by atoms with Crippen molar-refractivity contribution >= 4 is 22.3 Å². The lowest BCUT2D eigenvalue weighted by molar-refractivity contribution is 0.0398. The number of aromatic nitrogens is 7. The minimum absolute atomic E-state index is 0.102. The first kappa shape index (κ1) is 17.1. The van der Waals surface area contributed by atoms with Crippen molar-refractivity contribution in [3.8, 4) is 11.5 Å². The van der Waals surface area contributed by atoms with Crippen LogP contribution in [0.15, 0.2) is 31.0 Å². The van der Waals surface area contributed by atoms with Crippen LogP contribution in [0, 0.1) is 0 Å². The standard InChI is InChI=1S/C16H14F2N8OS/c17-14(18)10-7-26-11(5-20-13(26)6-19-10)15-23-16(28-24-15)25-1-2-27-12(8-25)9-3-21-22-4-9/h3-7,12,14H,1-2,8H2,(H,21,22). The Morgan fingerprint density at radius 2 is 2.18 bits per heavy atom. The van der Waals surface area contributed by atoms with Crippen LogP contribution in [0.25, 0.3) is 17.2 Å². The molecule has 0 radical (unpaired) electrons. The van der Waals surface area contributed by atoms with E-state index in [2.05, 4.69) is 34.4 Å². The minimum Gasteiger partial charge on any atom is -0.370 e. The van der Waals surface area contributed by atoms with Gasteiger partial charge in [0, 0.05) is 36.0 Å². The number of aromatic amines is 1. The average Bonchev–Trinajstić information content (AvgIpc) is 3.47. The fourth-order valence-electron chi connectivity index (χ4n) is 3.09. The van der Waals surface area contributed by atoms with Crippen LogP contribution in [0.2, 0.25) is 0 Å². The van der Waals surface area contributed by atoms with E-state index in [-0.39, 0.29) is 11.8 Å². The molecule has 0 aliphatic carbocycles. The Labute approximate surface area is 161 Å². The molecule has 0 spiro atoms. The molecule has 0 amide bonds. The summed E-state index contributed by atoms with van der Waals surface area (Å²) in [6, 6.07) is 0. The van der Waals surface area contributed by atoms with Crippen LogP contribution in [0.4, 0.5) is 13.9 Å². The van der Waals surface area contributed by atoms with Gasteiger partial charge in [0.15, 0.2) is 11.5 Å². The van der Waals surface area contributed by atoms with E-state index in [4.69, 9.17) is 4.74 Å². The number of nitrogens with one attached hydrogen (secondary N) is 1. The average molecular weight is 404 g/mol. The number of rotatable bonds is 4. The highest BCUT2D eigenvalue weighted by Crippen LogP contribution is 2.29. The van der Waals surface area contributed by atoms with Crippen LogP contribution in [0.5, 0.6) is 0 Å². The molecule has 12 heteroatoms. The van der Waals surface area contributed by atoms with Crippen LogP contribution in [-0.4, -0.2) is 53.6 Å². The van der Waals surface area contributed by atoms with Gasteiger partial charge >= 0.3 is 0 Å². The molecule has 0 bridgehead atoms. The van der Waals surface area contributed by atoms with E-state index < -0.39 is 6.43 Å². The van der Waals surface area contributed by atoms with E-state index in [0.29, 0.717) is 36.9 Å². The van der Waals surface area contributed by atoms with Gasteiger partial charge in [0.2, 0.25) is 5.13 Å². The number of hydrogen-bond donors (Lipinski definition) is 1. The Balaban J connectivity index is 1.43. The molecular weight excluding hydrogens is 390 g/mol. The molecular formula is C16H14F2N8OS. The number of imidazole rings is 1. The number of H-pyrrole nitrogens is 1. The van der Waals surface area contributed by atoms with Crippen LogP contribution in [0.1, 0.15) is 23.8 Å². The SMILES string of the molecule is FC(F)c1cn2c(-c3nsc(N4CCOC(c5cn[nH]c5)C4)n3)cnc2cn1. The predicted molar refractivity (Wildman–Crippen MR) is 96.3 cm³/mol. The summed E-state index contributed by atoms with van der Waals surface area (Å²) in [5.74, 6) is 0.435. The summed E-state index contributed by atoms with van der Waals surface area (Å²) in [6.07, 6.45) is 4.94. The highest BCUT2D eigenvalue weighted by Gasteiger charge is 2.25. The number of halogens is 2. The Hall–Kier alpha value is -2.99. The Kier molecular flexibility index (Phi) is 4.20. The van der Waals surface area contributed by atoms with Crippen LogP contribution >= 0.6 is 11.5 Å². The molecule has 5 rings (SSSR count). The van der Waals surface area contributed by atoms with E-state index in [9.17, 15) is 8.78 Å². The maximum atomic E-state index is 13.0. The maximum absolute atomic E-state index is 13.0. The molecule has 28 heavy (non-hydrogen) atoms. The Bertz CT molecular complexity index is 1100. The molecule has 4 aromatic heterocycles. The normalized spacial score (nSPS) is 17.7. The van der Waals surface area contributed by atoms with Gasteiger partial charge in [-0.15, -0.1) is 0 Å². The van der Waals surface area contributed by atoms with Crippen LogP contribution < -0.4 is 4.90 Å². The van der Waals surface area contributed by atoms with Crippen molar-refractivity contribution in [2.75, 3.05) is 24.6 Å². The van der Waals surface area contributed by atoms with Gasteiger partial charge in [-0.05, 0) is 0 Å². The monoisotopic (exact) mass is 404 g/mol. The highest BCUT2D eigenvalue weighted by atomic mass is 32.1. The molecule has 1 atom stereocenters. The third kappa shape index (κ3) is 2.99. The first-order chi connectivity index (χ1) is 13.7. The summed E-state index contributed by atoms with van der Waals surface area (Å²) >= 11 is 1.25. The van der Waals surface area contributed by atoms with Gasteiger partial charge in [-0.2, -0.15) is 14.5 Å². The van der Waals surface area contributed by atoms with Gasteiger partial charge in [-0.1, -0.05) is 0 Å².